The van der Waals surface area contributed by atoms with Crippen molar-refractivity contribution in [2.75, 3.05) is 18.5 Å². The van der Waals surface area contributed by atoms with Gasteiger partial charge in [0.2, 0.25) is 11.8 Å². The molecule has 3 amide bonds. The number of fused-ring (bicyclic) bond motifs is 3. The zero-order valence-corrected chi connectivity index (χ0v) is 20.0. The van der Waals surface area contributed by atoms with Gasteiger partial charge in [0, 0.05) is 19.2 Å². The molecule has 3 N–H and O–H groups in total. The number of para-hydroxylation sites is 1. The summed E-state index contributed by atoms with van der Waals surface area (Å²) in [5.74, 6) is -1.14. The van der Waals surface area contributed by atoms with Gasteiger partial charge in [0.15, 0.2) is 0 Å². The highest BCUT2D eigenvalue weighted by Crippen LogP contribution is 2.42. The van der Waals surface area contributed by atoms with Gasteiger partial charge in [0.25, 0.3) is 5.91 Å². The molecule has 2 unspecified atom stereocenters. The molecule has 7 nitrogen and oxygen atoms in total. The van der Waals surface area contributed by atoms with E-state index in [0.717, 1.165) is 35.2 Å². The molecular formula is C27H33N3O4. The Kier molecular flexibility index (Phi) is 6.75. The van der Waals surface area contributed by atoms with Crippen molar-refractivity contribution in [1.29, 1.82) is 0 Å². The molecule has 34 heavy (non-hydrogen) atoms. The summed E-state index contributed by atoms with van der Waals surface area (Å²) in [5.41, 5.74) is 2.60. The Morgan fingerprint density at radius 2 is 1.68 bits per heavy atom. The Hall–Kier alpha value is -3.19. The molecule has 0 spiro atoms. The number of nitrogens with one attached hydrogen (secondary N) is 2. The summed E-state index contributed by atoms with van der Waals surface area (Å²) in [6, 6.07) is 14.5. The molecule has 4 rings (SSSR count). The van der Waals surface area contributed by atoms with Gasteiger partial charge in [-0.05, 0) is 36.0 Å². The lowest BCUT2D eigenvalue weighted by atomic mass is 9.84. The monoisotopic (exact) mass is 463 g/mol. The number of amides is 3. The third-order valence-corrected chi connectivity index (χ3v) is 7.22. The largest absolute Gasteiger partial charge is 0.383 e. The minimum Gasteiger partial charge on any atom is -0.383 e. The molecule has 2 aromatic rings. The summed E-state index contributed by atoms with van der Waals surface area (Å²) in [4.78, 5) is 41.2. The molecule has 2 atom stereocenters. The average Bonchev–Trinajstić information content (AvgIpc) is 3.32. The molecule has 1 aliphatic carbocycles. The Bertz CT molecular complexity index is 1090. The molecule has 0 radical (unpaired) electrons. The van der Waals surface area contributed by atoms with Crippen molar-refractivity contribution in [2.24, 2.45) is 11.3 Å². The van der Waals surface area contributed by atoms with Gasteiger partial charge in [-0.3, -0.25) is 14.4 Å². The summed E-state index contributed by atoms with van der Waals surface area (Å²) >= 11 is 0. The fourth-order valence-electron chi connectivity index (χ4n) is 5.06. The quantitative estimate of drug-likeness (QED) is 0.613. The Morgan fingerprint density at radius 1 is 1.06 bits per heavy atom. The number of aliphatic hydroxyl groups excluding tert-OH is 1. The predicted octanol–water partition coefficient (Wildman–Crippen LogP) is 3.18. The van der Waals surface area contributed by atoms with Crippen molar-refractivity contribution in [3.05, 3.63) is 54.1 Å². The van der Waals surface area contributed by atoms with Crippen molar-refractivity contribution >= 4 is 23.4 Å². The number of carbonyl (C=O) groups excluding carboxylic acids is 3. The van der Waals surface area contributed by atoms with E-state index in [1.165, 1.54) is 0 Å². The maximum atomic E-state index is 13.7. The molecule has 2 aliphatic rings. The fourth-order valence-corrected chi connectivity index (χ4v) is 5.06. The Labute approximate surface area is 200 Å². The maximum absolute atomic E-state index is 13.7. The van der Waals surface area contributed by atoms with Crippen LogP contribution in [-0.4, -0.2) is 42.5 Å². The summed E-state index contributed by atoms with van der Waals surface area (Å²) in [6.45, 7) is 3.68. The number of rotatable bonds is 6. The topological polar surface area (TPSA) is 98.7 Å². The van der Waals surface area contributed by atoms with Crippen LogP contribution in [0.5, 0.6) is 0 Å². The number of aliphatic hydroxyl groups is 1. The zero-order valence-electron chi connectivity index (χ0n) is 20.0. The van der Waals surface area contributed by atoms with Gasteiger partial charge >= 0.3 is 0 Å². The molecule has 1 aliphatic heterocycles. The lowest BCUT2D eigenvalue weighted by Crippen LogP contribution is -2.51. The van der Waals surface area contributed by atoms with Crippen LogP contribution in [0.15, 0.2) is 48.5 Å². The van der Waals surface area contributed by atoms with Crippen LogP contribution in [0.1, 0.15) is 51.1 Å². The highest BCUT2D eigenvalue weighted by molar-refractivity contribution is 6.06. The van der Waals surface area contributed by atoms with Gasteiger partial charge in [-0.15, -0.1) is 0 Å². The van der Waals surface area contributed by atoms with E-state index in [0.29, 0.717) is 12.8 Å². The van der Waals surface area contributed by atoms with Crippen LogP contribution in [0, 0.1) is 11.3 Å². The smallest absolute Gasteiger partial charge is 0.253 e. The third-order valence-electron chi connectivity index (χ3n) is 7.22. The van der Waals surface area contributed by atoms with E-state index in [-0.39, 0.29) is 24.3 Å². The number of anilines is 1. The van der Waals surface area contributed by atoms with Crippen LogP contribution in [0.4, 0.5) is 5.69 Å². The van der Waals surface area contributed by atoms with E-state index in [1.807, 2.05) is 48.5 Å². The summed E-state index contributed by atoms with van der Waals surface area (Å²) in [7, 11) is 1.73. The normalized spacial score (nSPS) is 19.7. The molecule has 0 bridgehead atoms. The van der Waals surface area contributed by atoms with E-state index >= 15 is 0 Å². The minimum absolute atomic E-state index is 0.139. The first kappa shape index (κ1) is 24.0. The number of hydrogen-bond donors (Lipinski definition) is 3. The number of hydrogen-bond acceptors (Lipinski definition) is 4. The number of likely N-dealkylation sites (N-methyl/N-ethyl adjacent to an activating group) is 1. The summed E-state index contributed by atoms with van der Waals surface area (Å²) in [5, 5.41) is 15.9. The zero-order chi connectivity index (χ0) is 24.5. The lowest BCUT2D eigenvalue weighted by Gasteiger charge is -2.31. The van der Waals surface area contributed by atoms with Crippen LogP contribution in [0.25, 0.3) is 11.1 Å². The molecule has 1 fully saturated rings. The van der Waals surface area contributed by atoms with E-state index in [9.17, 15) is 19.5 Å². The Balaban J connectivity index is 1.62. The van der Waals surface area contributed by atoms with Gasteiger partial charge in [-0.2, -0.15) is 0 Å². The molecule has 7 heteroatoms. The van der Waals surface area contributed by atoms with E-state index in [1.54, 1.807) is 25.8 Å². The highest BCUT2D eigenvalue weighted by Gasteiger charge is 2.44. The molecule has 1 heterocycles. The van der Waals surface area contributed by atoms with Crippen molar-refractivity contribution in [3.63, 3.8) is 0 Å². The SMILES string of the molecule is CC(C)C(O)C(=O)NCC1(C(=O)NC2C(=O)N(C)c3ccccc3-c3ccccc32)CCCC1. The second kappa shape index (κ2) is 9.58. The highest BCUT2D eigenvalue weighted by atomic mass is 16.3. The average molecular weight is 464 g/mol. The van der Waals surface area contributed by atoms with Gasteiger partial charge in [0.05, 0.1) is 11.1 Å². The second-order valence-corrected chi connectivity index (χ2v) is 9.80. The van der Waals surface area contributed by atoms with Crippen LogP contribution < -0.4 is 15.5 Å². The van der Waals surface area contributed by atoms with Crippen LogP contribution in [0.3, 0.4) is 0 Å². The molecular weight excluding hydrogens is 430 g/mol. The number of nitrogens with zero attached hydrogens (tertiary/aromatic N) is 1. The van der Waals surface area contributed by atoms with Gasteiger partial charge < -0.3 is 20.6 Å². The third kappa shape index (κ3) is 4.32. The molecule has 2 aromatic carbocycles. The predicted molar refractivity (Wildman–Crippen MR) is 131 cm³/mol. The molecule has 180 valence electrons. The lowest BCUT2D eigenvalue weighted by molar-refractivity contribution is -0.136. The second-order valence-electron chi connectivity index (χ2n) is 9.80. The van der Waals surface area contributed by atoms with Crippen molar-refractivity contribution in [1.82, 2.24) is 10.6 Å². The molecule has 0 saturated heterocycles. The van der Waals surface area contributed by atoms with Gasteiger partial charge in [0.1, 0.15) is 12.1 Å². The van der Waals surface area contributed by atoms with Gasteiger partial charge in [-0.25, -0.2) is 0 Å². The summed E-state index contributed by atoms with van der Waals surface area (Å²) in [6.07, 6.45) is 1.86. The first-order chi connectivity index (χ1) is 16.2. The first-order valence-corrected chi connectivity index (χ1v) is 12.0. The first-order valence-electron chi connectivity index (χ1n) is 12.0. The number of carbonyl (C=O) groups is 3. The Morgan fingerprint density at radius 3 is 2.35 bits per heavy atom. The van der Waals surface area contributed by atoms with E-state index < -0.39 is 23.5 Å². The fraction of sp³-hybridized carbons (Fsp3) is 0.444. The van der Waals surface area contributed by atoms with Crippen molar-refractivity contribution in [2.45, 2.75) is 51.7 Å². The van der Waals surface area contributed by atoms with Crippen molar-refractivity contribution < 1.29 is 19.5 Å². The van der Waals surface area contributed by atoms with Gasteiger partial charge in [-0.1, -0.05) is 69.2 Å². The van der Waals surface area contributed by atoms with E-state index in [4.69, 9.17) is 0 Å². The van der Waals surface area contributed by atoms with Crippen LogP contribution >= 0.6 is 0 Å². The molecule has 0 aromatic heterocycles. The van der Waals surface area contributed by atoms with Crippen LogP contribution in [0.2, 0.25) is 0 Å². The summed E-state index contributed by atoms with van der Waals surface area (Å²) < 4.78 is 0. The van der Waals surface area contributed by atoms with E-state index in [2.05, 4.69) is 10.6 Å². The number of benzene rings is 2. The van der Waals surface area contributed by atoms with Crippen molar-refractivity contribution in [3.8, 4) is 11.1 Å². The standard InChI is InChI=1S/C27H33N3O4/c1-17(2)23(31)24(32)28-16-27(14-8-9-15-27)26(34)29-22-20-12-5-4-10-18(20)19-11-6-7-13-21(19)30(3)25(22)33/h4-7,10-13,17,22-23,31H,8-9,14-16H2,1-3H3,(H,28,32)(H,29,34). The maximum Gasteiger partial charge on any atom is 0.253 e. The van der Waals surface area contributed by atoms with Crippen LogP contribution in [-0.2, 0) is 14.4 Å². The minimum atomic E-state index is -1.12. The molecule has 1 saturated carbocycles.